The second-order valence-corrected chi connectivity index (χ2v) is 9.20. The van der Waals surface area contributed by atoms with Crippen LogP contribution in [0.25, 0.3) is 65.8 Å². The summed E-state index contributed by atoms with van der Waals surface area (Å²) in [5, 5.41) is 7.56. The number of rotatable bonds is 3. The highest BCUT2D eigenvalue weighted by Gasteiger charge is 2.16. The first-order valence-corrected chi connectivity index (χ1v) is 12.3. The van der Waals surface area contributed by atoms with Crippen LogP contribution in [0.1, 0.15) is 0 Å². The van der Waals surface area contributed by atoms with Crippen molar-refractivity contribution in [1.82, 2.24) is 4.98 Å². The van der Waals surface area contributed by atoms with Gasteiger partial charge in [0.2, 0.25) is 0 Å². The van der Waals surface area contributed by atoms with Crippen LogP contribution in [0.4, 0.5) is 0 Å². The van der Waals surface area contributed by atoms with Crippen LogP contribution < -0.4 is 0 Å². The molecule has 7 aromatic rings. The number of aromatic nitrogens is 1. The normalized spacial score (nSPS) is 11.3. The number of nitrogens with zero attached hydrogens (tertiary/aromatic N) is 1. The second kappa shape index (κ2) is 8.48. The standard InChI is InChI=1S/C35H23N/c1-2-10-24(11-3-1)34-29-12-4-6-14-31(29)35(32-15-7-5-13-30(32)34)28-20-18-25-22-27(19-17-26(25)23-28)33-16-8-9-21-36-33/h1-23H. The van der Waals surface area contributed by atoms with Gasteiger partial charge in [-0.3, -0.25) is 4.98 Å². The Bertz CT molecular complexity index is 1810. The molecule has 0 saturated carbocycles. The van der Waals surface area contributed by atoms with Crippen molar-refractivity contribution in [3.05, 3.63) is 140 Å². The quantitative estimate of drug-likeness (QED) is 0.241. The van der Waals surface area contributed by atoms with Crippen LogP contribution >= 0.6 is 0 Å². The van der Waals surface area contributed by atoms with E-state index in [1.54, 1.807) is 0 Å². The smallest absolute Gasteiger partial charge is 0.0702 e. The molecule has 1 heteroatoms. The molecular weight excluding hydrogens is 434 g/mol. The lowest BCUT2D eigenvalue weighted by Gasteiger charge is -2.18. The summed E-state index contributed by atoms with van der Waals surface area (Å²) in [5.41, 5.74) is 7.20. The third-order valence-corrected chi connectivity index (χ3v) is 7.08. The van der Waals surface area contributed by atoms with Crippen molar-refractivity contribution in [3.63, 3.8) is 0 Å². The van der Waals surface area contributed by atoms with E-state index in [9.17, 15) is 0 Å². The van der Waals surface area contributed by atoms with Crippen LogP contribution in [-0.2, 0) is 0 Å². The lowest BCUT2D eigenvalue weighted by molar-refractivity contribution is 1.33. The zero-order valence-electron chi connectivity index (χ0n) is 19.7. The molecule has 1 aromatic heterocycles. The van der Waals surface area contributed by atoms with E-state index in [1.807, 2.05) is 18.3 Å². The summed E-state index contributed by atoms with van der Waals surface area (Å²) in [6, 6.07) is 47.9. The Balaban J connectivity index is 1.49. The van der Waals surface area contributed by atoms with E-state index in [4.69, 9.17) is 0 Å². The SMILES string of the molecule is c1ccc(-c2c3ccccc3c(-c3ccc4cc(-c5ccccn5)ccc4c3)c3ccccc23)cc1. The van der Waals surface area contributed by atoms with E-state index in [2.05, 4.69) is 126 Å². The molecule has 0 atom stereocenters. The molecule has 0 aliphatic heterocycles. The molecule has 7 rings (SSSR count). The van der Waals surface area contributed by atoms with Crippen LogP contribution in [-0.4, -0.2) is 4.98 Å². The summed E-state index contributed by atoms with van der Waals surface area (Å²) in [5.74, 6) is 0. The maximum atomic E-state index is 4.52. The maximum Gasteiger partial charge on any atom is 0.0702 e. The molecule has 0 N–H and O–H groups in total. The highest BCUT2D eigenvalue weighted by molar-refractivity contribution is 6.21. The lowest BCUT2D eigenvalue weighted by Crippen LogP contribution is -1.91. The van der Waals surface area contributed by atoms with Crippen molar-refractivity contribution in [3.8, 4) is 33.5 Å². The van der Waals surface area contributed by atoms with E-state index in [0.717, 1.165) is 11.3 Å². The van der Waals surface area contributed by atoms with Gasteiger partial charge in [-0.1, -0.05) is 109 Å². The number of pyridine rings is 1. The van der Waals surface area contributed by atoms with E-state index in [-0.39, 0.29) is 0 Å². The first-order chi connectivity index (χ1) is 17.9. The zero-order valence-corrected chi connectivity index (χ0v) is 19.7. The molecular formula is C35H23N. The largest absolute Gasteiger partial charge is 0.256 e. The van der Waals surface area contributed by atoms with Crippen molar-refractivity contribution in [2.24, 2.45) is 0 Å². The van der Waals surface area contributed by atoms with E-state index >= 15 is 0 Å². The predicted octanol–water partition coefficient (Wildman–Crippen LogP) is 9.54. The number of hydrogen-bond donors (Lipinski definition) is 0. The minimum absolute atomic E-state index is 0.997. The molecule has 1 nitrogen and oxygen atoms in total. The Kier molecular flexibility index (Phi) is 4.85. The first kappa shape index (κ1) is 20.6. The molecule has 0 radical (unpaired) electrons. The molecule has 168 valence electrons. The van der Waals surface area contributed by atoms with Gasteiger partial charge in [0.15, 0.2) is 0 Å². The Morgan fingerprint density at radius 3 is 1.44 bits per heavy atom. The van der Waals surface area contributed by atoms with Crippen LogP contribution in [0.2, 0.25) is 0 Å². The van der Waals surface area contributed by atoms with E-state index in [1.165, 1.54) is 54.6 Å². The molecule has 36 heavy (non-hydrogen) atoms. The molecule has 0 fully saturated rings. The monoisotopic (exact) mass is 457 g/mol. The Hall–Kier alpha value is -4.75. The molecule has 0 spiro atoms. The van der Waals surface area contributed by atoms with Crippen LogP contribution in [0.3, 0.4) is 0 Å². The summed E-state index contributed by atoms with van der Waals surface area (Å²) in [4.78, 5) is 4.52. The second-order valence-electron chi connectivity index (χ2n) is 9.20. The molecule has 1 heterocycles. The zero-order chi connectivity index (χ0) is 23.9. The van der Waals surface area contributed by atoms with Gasteiger partial charge in [0.05, 0.1) is 5.69 Å². The summed E-state index contributed by atoms with van der Waals surface area (Å²) in [6.07, 6.45) is 1.85. The van der Waals surface area contributed by atoms with Crippen molar-refractivity contribution in [1.29, 1.82) is 0 Å². The summed E-state index contributed by atoms with van der Waals surface area (Å²) >= 11 is 0. The van der Waals surface area contributed by atoms with Gasteiger partial charge in [0, 0.05) is 11.8 Å². The number of benzene rings is 6. The minimum atomic E-state index is 0.997. The molecule has 0 amide bonds. The lowest BCUT2D eigenvalue weighted by atomic mass is 9.85. The molecule has 0 aliphatic carbocycles. The van der Waals surface area contributed by atoms with Gasteiger partial charge in [-0.05, 0) is 78.8 Å². The fourth-order valence-corrected chi connectivity index (χ4v) is 5.45. The molecule has 0 aliphatic rings. The van der Waals surface area contributed by atoms with Crippen molar-refractivity contribution < 1.29 is 0 Å². The van der Waals surface area contributed by atoms with Crippen LogP contribution in [0.5, 0.6) is 0 Å². The average molecular weight is 458 g/mol. The average Bonchev–Trinajstić information content (AvgIpc) is 2.96. The molecule has 0 saturated heterocycles. The Labute approximate surface area is 210 Å². The van der Waals surface area contributed by atoms with Crippen LogP contribution in [0.15, 0.2) is 140 Å². The third-order valence-electron chi connectivity index (χ3n) is 7.08. The molecule has 0 unspecified atom stereocenters. The Morgan fingerprint density at radius 2 is 0.861 bits per heavy atom. The maximum absolute atomic E-state index is 4.52. The summed E-state index contributed by atoms with van der Waals surface area (Å²) < 4.78 is 0. The van der Waals surface area contributed by atoms with E-state index in [0.29, 0.717) is 0 Å². The van der Waals surface area contributed by atoms with E-state index < -0.39 is 0 Å². The minimum Gasteiger partial charge on any atom is -0.256 e. The van der Waals surface area contributed by atoms with Crippen LogP contribution in [0, 0.1) is 0 Å². The van der Waals surface area contributed by atoms with Gasteiger partial charge >= 0.3 is 0 Å². The highest BCUT2D eigenvalue weighted by Crippen LogP contribution is 2.44. The third kappa shape index (κ3) is 3.37. The van der Waals surface area contributed by atoms with Crippen molar-refractivity contribution in [2.45, 2.75) is 0 Å². The topological polar surface area (TPSA) is 12.9 Å². The van der Waals surface area contributed by atoms with Gasteiger partial charge in [-0.2, -0.15) is 0 Å². The highest BCUT2D eigenvalue weighted by atomic mass is 14.7. The predicted molar refractivity (Wildman–Crippen MR) is 153 cm³/mol. The van der Waals surface area contributed by atoms with Gasteiger partial charge in [0.25, 0.3) is 0 Å². The fraction of sp³-hybridized carbons (Fsp3) is 0. The summed E-state index contributed by atoms with van der Waals surface area (Å²) in [7, 11) is 0. The molecule has 6 aromatic carbocycles. The van der Waals surface area contributed by atoms with Gasteiger partial charge in [-0.15, -0.1) is 0 Å². The number of hydrogen-bond acceptors (Lipinski definition) is 1. The van der Waals surface area contributed by atoms with Crippen molar-refractivity contribution in [2.75, 3.05) is 0 Å². The summed E-state index contributed by atoms with van der Waals surface area (Å²) in [6.45, 7) is 0. The van der Waals surface area contributed by atoms with Crippen molar-refractivity contribution >= 4 is 32.3 Å². The Morgan fingerprint density at radius 1 is 0.361 bits per heavy atom. The first-order valence-electron chi connectivity index (χ1n) is 12.3. The van der Waals surface area contributed by atoms with Gasteiger partial charge in [0.1, 0.15) is 0 Å². The molecule has 0 bridgehead atoms. The van der Waals surface area contributed by atoms with Gasteiger partial charge < -0.3 is 0 Å². The fourth-order valence-electron chi connectivity index (χ4n) is 5.45. The van der Waals surface area contributed by atoms with Gasteiger partial charge in [-0.25, -0.2) is 0 Å². The number of fused-ring (bicyclic) bond motifs is 3.